The quantitative estimate of drug-likeness (QED) is 0.317. The molecule has 6 nitrogen and oxygen atoms in total. The summed E-state index contributed by atoms with van der Waals surface area (Å²) in [5.41, 5.74) is -1.28. The van der Waals surface area contributed by atoms with Gasteiger partial charge in [0.05, 0.1) is 11.5 Å². The fourth-order valence-corrected chi connectivity index (χ4v) is 2.43. The maximum absolute atomic E-state index is 13.9. The van der Waals surface area contributed by atoms with Crippen LogP contribution in [0.1, 0.15) is 31.7 Å². The van der Waals surface area contributed by atoms with Crippen molar-refractivity contribution in [3.63, 3.8) is 0 Å². The topological polar surface area (TPSA) is 86.5 Å². The van der Waals surface area contributed by atoms with E-state index in [9.17, 15) is 27.3 Å². The number of hydrogen-bond donors (Lipinski definition) is 0. The second kappa shape index (κ2) is 6.90. The van der Waals surface area contributed by atoms with Crippen molar-refractivity contribution < 1.29 is 26.3 Å². The van der Waals surface area contributed by atoms with Gasteiger partial charge < -0.3 is 0 Å². The van der Waals surface area contributed by atoms with Crippen LogP contribution in [-0.2, 0) is 19.6 Å². The average molecular weight is 323 g/mol. The van der Waals surface area contributed by atoms with Gasteiger partial charge in [0, 0.05) is 17.7 Å². The molecule has 0 bridgehead atoms. The van der Waals surface area contributed by atoms with Gasteiger partial charge in [0.1, 0.15) is 0 Å². The maximum atomic E-state index is 13.9. The van der Waals surface area contributed by atoms with Gasteiger partial charge in [-0.05, 0) is 18.6 Å². The minimum atomic E-state index is -5.13. The summed E-state index contributed by atoms with van der Waals surface area (Å²) in [4.78, 5) is 9.67. The lowest BCUT2D eigenvalue weighted by Gasteiger charge is -2.16. The van der Waals surface area contributed by atoms with E-state index in [-0.39, 0.29) is 6.61 Å². The largest absolute Gasteiger partial charge is 0.395 e. The van der Waals surface area contributed by atoms with E-state index in [2.05, 4.69) is 4.18 Å². The summed E-state index contributed by atoms with van der Waals surface area (Å²) in [5, 5.41) is 6.18. The molecule has 0 heterocycles. The number of benzene rings is 1. The molecule has 118 valence electrons. The number of hydrogen-bond acceptors (Lipinski definition) is 5. The number of nitro groups is 1. The standard InChI is InChI=1S/C12H15F2NO5S/c1-2-3-4-9-20-21(18,19)12(13,14)10-5-7-11(8-6-10)15(16)17/h5-8H,2-4,9H2,1H3. The molecule has 0 fully saturated rings. The van der Waals surface area contributed by atoms with Gasteiger partial charge in [0.2, 0.25) is 0 Å². The van der Waals surface area contributed by atoms with E-state index < -0.39 is 31.5 Å². The van der Waals surface area contributed by atoms with Gasteiger partial charge in [-0.15, -0.1) is 0 Å². The van der Waals surface area contributed by atoms with Crippen molar-refractivity contribution in [2.75, 3.05) is 6.61 Å². The van der Waals surface area contributed by atoms with E-state index in [0.29, 0.717) is 25.0 Å². The van der Waals surface area contributed by atoms with E-state index >= 15 is 0 Å². The molecular formula is C12H15F2NO5S. The Balaban J connectivity index is 2.89. The van der Waals surface area contributed by atoms with Crippen molar-refractivity contribution in [2.45, 2.75) is 31.4 Å². The van der Waals surface area contributed by atoms with Gasteiger partial charge in [0.25, 0.3) is 5.69 Å². The first-order chi connectivity index (χ1) is 9.72. The summed E-state index contributed by atoms with van der Waals surface area (Å²) < 4.78 is 55.2. The van der Waals surface area contributed by atoms with Crippen LogP contribution in [0.4, 0.5) is 14.5 Å². The third-order valence-corrected chi connectivity index (χ3v) is 4.06. The molecule has 0 amide bonds. The minimum Gasteiger partial charge on any atom is -0.265 e. The van der Waals surface area contributed by atoms with Crippen LogP contribution in [-0.4, -0.2) is 19.9 Å². The van der Waals surface area contributed by atoms with E-state index in [1.165, 1.54) is 0 Å². The SMILES string of the molecule is CCCCCOS(=O)(=O)C(F)(F)c1ccc([N+](=O)[O-])cc1. The van der Waals surface area contributed by atoms with Gasteiger partial charge in [-0.1, -0.05) is 19.8 Å². The summed E-state index contributed by atoms with van der Waals surface area (Å²) in [6, 6.07) is 3.03. The van der Waals surface area contributed by atoms with Gasteiger partial charge in [-0.3, -0.25) is 14.3 Å². The summed E-state index contributed by atoms with van der Waals surface area (Å²) in [5.74, 6) is 0. The van der Waals surface area contributed by atoms with E-state index in [1.54, 1.807) is 0 Å². The highest BCUT2D eigenvalue weighted by molar-refractivity contribution is 7.87. The van der Waals surface area contributed by atoms with Crippen LogP contribution < -0.4 is 0 Å². The predicted molar refractivity (Wildman–Crippen MR) is 71.4 cm³/mol. The summed E-state index contributed by atoms with van der Waals surface area (Å²) in [6.45, 7) is 1.55. The number of nitrogens with zero attached hydrogens (tertiary/aromatic N) is 1. The highest BCUT2D eigenvalue weighted by Gasteiger charge is 2.48. The number of alkyl halides is 2. The molecule has 0 atom stereocenters. The third-order valence-electron chi connectivity index (χ3n) is 2.71. The molecule has 0 spiro atoms. The second-order valence-electron chi connectivity index (χ2n) is 4.30. The first-order valence-electron chi connectivity index (χ1n) is 6.24. The normalized spacial score (nSPS) is 12.3. The molecule has 0 aromatic heterocycles. The zero-order chi connectivity index (χ0) is 16.1. The zero-order valence-corrected chi connectivity index (χ0v) is 12.1. The number of non-ortho nitro benzene ring substituents is 1. The molecule has 0 unspecified atom stereocenters. The Morgan fingerprint density at radius 1 is 1.24 bits per heavy atom. The van der Waals surface area contributed by atoms with Crippen molar-refractivity contribution in [3.8, 4) is 0 Å². The fraction of sp³-hybridized carbons (Fsp3) is 0.500. The molecule has 1 aromatic carbocycles. The Hall–Kier alpha value is -1.61. The maximum Gasteiger partial charge on any atom is 0.395 e. The summed E-state index contributed by atoms with van der Waals surface area (Å²) in [6.07, 6.45) is 1.81. The van der Waals surface area contributed by atoms with Crippen molar-refractivity contribution in [1.29, 1.82) is 0 Å². The molecule has 0 radical (unpaired) electrons. The van der Waals surface area contributed by atoms with Gasteiger partial charge >= 0.3 is 15.4 Å². The van der Waals surface area contributed by atoms with Gasteiger partial charge in [-0.2, -0.15) is 17.2 Å². The summed E-state index contributed by atoms with van der Waals surface area (Å²) >= 11 is 0. The Labute approximate surface area is 121 Å². The van der Waals surface area contributed by atoms with Crippen molar-refractivity contribution in [3.05, 3.63) is 39.9 Å². The molecule has 0 saturated carbocycles. The minimum absolute atomic E-state index is 0.321. The molecule has 1 rings (SSSR count). The molecular weight excluding hydrogens is 308 g/mol. The monoisotopic (exact) mass is 323 g/mol. The highest BCUT2D eigenvalue weighted by atomic mass is 32.2. The van der Waals surface area contributed by atoms with Crippen LogP contribution in [0.15, 0.2) is 24.3 Å². The molecule has 21 heavy (non-hydrogen) atoms. The van der Waals surface area contributed by atoms with E-state index in [0.717, 1.165) is 18.6 Å². The highest BCUT2D eigenvalue weighted by Crippen LogP contribution is 2.36. The fourth-order valence-electron chi connectivity index (χ4n) is 1.52. The van der Waals surface area contributed by atoms with Crippen LogP contribution in [0, 0.1) is 10.1 Å². The van der Waals surface area contributed by atoms with Crippen molar-refractivity contribution in [2.24, 2.45) is 0 Å². The van der Waals surface area contributed by atoms with Crippen LogP contribution in [0.3, 0.4) is 0 Å². The third kappa shape index (κ3) is 4.18. The molecule has 0 aliphatic rings. The average Bonchev–Trinajstić information content (AvgIpc) is 2.43. The van der Waals surface area contributed by atoms with Crippen LogP contribution in [0.25, 0.3) is 0 Å². The first kappa shape index (κ1) is 17.4. The van der Waals surface area contributed by atoms with Gasteiger partial charge in [0.15, 0.2) is 0 Å². The number of unbranched alkanes of at least 4 members (excludes halogenated alkanes) is 2. The number of rotatable bonds is 8. The van der Waals surface area contributed by atoms with E-state index in [1.807, 2.05) is 6.92 Å². The molecule has 0 N–H and O–H groups in total. The smallest absolute Gasteiger partial charge is 0.265 e. The summed E-state index contributed by atoms with van der Waals surface area (Å²) in [7, 11) is -5.13. The predicted octanol–water partition coefficient (Wildman–Crippen LogP) is 3.18. The Morgan fingerprint density at radius 2 is 1.81 bits per heavy atom. The van der Waals surface area contributed by atoms with Crippen LogP contribution >= 0.6 is 0 Å². The zero-order valence-electron chi connectivity index (χ0n) is 11.3. The molecule has 0 aliphatic carbocycles. The molecule has 0 saturated heterocycles. The van der Waals surface area contributed by atoms with Crippen molar-refractivity contribution >= 4 is 15.8 Å². The first-order valence-corrected chi connectivity index (χ1v) is 7.65. The lowest BCUT2D eigenvalue weighted by atomic mass is 10.2. The van der Waals surface area contributed by atoms with E-state index in [4.69, 9.17) is 0 Å². The molecule has 0 aliphatic heterocycles. The number of nitro benzene ring substituents is 1. The van der Waals surface area contributed by atoms with Crippen molar-refractivity contribution in [1.82, 2.24) is 0 Å². The number of halogens is 2. The molecule has 9 heteroatoms. The molecule has 1 aromatic rings. The lowest BCUT2D eigenvalue weighted by Crippen LogP contribution is -2.28. The Bertz CT molecular complexity index is 586. The second-order valence-corrected chi connectivity index (χ2v) is 5.96. The van der Waals surface area contributed by atoms with Crippen LogP contribution in [0.5, 0.6) is 0 Å². The van der Waals surface area contributed by atoms with Crippen LogP contribution in [0.2, 0.25) is 0 Å². The van der Waals surface area contributed by atoms with Gasteiger partial charge in [-0.25, -0.2) is 0 Å². The lowest BCUT2D eigenvalue weighted by molar-refractivity contribution is -0.384. The Kier molecular flexibility index (Phi) is 5.73. The Morgan fingerprint density at radius 3 is 2.29 bits per heavy atom.